The lowest BCUT2D eigenvalue weighted by molar-refractivity contribution is 0.398. The highest BCUT2D eigenvalue weighted by Crippen LogP contribution is 2.20. The summed E-state index contributed by atoms with van der Waals surface area (Å²) in [7, 11) is -0.0736. The fourth-order valence-electron chi connectivity index (χ4n) is 1.71. The summed E-state index contributed by atoms with van der Waals surface area (Å²) in [4.78, 5) is 0. The van der Waals surface area contributed by atoms with Crippen LogP contribution < -0.4 is 4.74 Å². The maximum atomic E-state index is 12.1. The summed E-state index contributed by atoms with van der Waals surface area (Å²) in [5.74, 6) is 1.32. The first kappa shape index (κ1) is 16.3. The molecule has 1 aromatic rings. The largest absolute Gasteiger partial charge is 0.496 e. The average molecular weight is 306 g/mol. The highest BCUT2D eigenvalue weighted by Gasteiger charge is 2.18. The van der Waals surface area contributed by atoms with Crippen LogP contribution in [0.5, 0.6) is 5.75 Å². The van der Waals surface area contributed by atoms with E-state index in [4.69, 9.17) is 16.3 Å². The highest BCUT2D eigenvalue weighted by molar-refractivity contribution is 7.89. The average Bonchev–Trinajstić information content (AvgIpc) is 2.39. The molecule has 0 spiro atoms. The van der Waals surface area contributed by atoms with E-state index in [-0.39, 0.29) is 5.75 Å². The topological polar surface area (TPSA) is 46.6 Å². The number of methoxy groups -OCH3 is 1. The lowest BCUT2D eigenvalue weighted by Crippen LogP contribution is -2.29. The molecule has 0 amide bonds. The van der Waals surface area contributed by atoms with E-state index < -0.39 is 10.0 Å². The van der Waals surface area contributed by atoms with Gasteiger partial charge in [-0.05, 0) is 18.9 Å². The first-order valence-corrected chi connectivity index (χ1v) is 8.27. The van der Waals surface area contributed by atoms with E-state index in [1.54, 1.807) is 14.2 Å². The Balaban J connectivity index is 2.70. The number of rotatable bonds is 8. The van der Waals surface area contributed by atoms with Crippen molar-refractivity contribution in [2.45, 2.75) is 19.4 Å². The van der Waals surface area contributed by atoms with Crippen molar-refractivity contribution in [3.05, 3.63) is 29.8 Å². The number of para-hydroxylation sites is 1. The van der Waals surface area contributed by atoms with Crippen molar-refractivity contribution in [2.75, 3.05) is 25.8 Å². The predicted molar refractivity (Wildman–Crippen MR) is 78.2 cm³/mol. The van der Waals surface area contributed by atoms with Gasteiger partial charge in [0.25, 0.3) is 0 Å². The van der Waals surface area contributed by atoms with E-state index in [1.807, 2.05) is 24.3 Å². The van der Waals surface area contributed by atoms with Crippen molar-refractivity contribution in [2.24, 2.45) is 0 Å². The highest BCUT2D eigenvalue weighted by atomic mass is 35.5. The van der Waals surface area contributed by atoms with E-state index in [9.17, 15) is 8.42 Å². The fraction of sp³-hybridized carbons (Fsp3) is 0.538. The molecule has 0 heterocycles. The van der Waals surface area contributed by atoms with Crippen LogP contribution in [0.1, 0.15) is 18.4 Å². The van der Waals surface area contributed by atoms with Crippen molar-refractivity contribution in [3.63, 3.8) is 0 Å². The monoisotopic (exact) mass is 305 g/mol. The van der Waals surface area contributed by atoms with Gasteiger partial charge in [0, 0.05) is 25.0 Å². The summed E-state index contributed by atoms with van der Waals surface area (Å²) in [5, 5.41) is 0. The molecule has 108 valence electrons. The Kier molecular flexibility index (Phi) is 6.62. The van der Waals surface area contributed by atoms with E-state index in [2.05, 4.69) is 0 Å². The molecule has 1 rings (SSSR count). The Morgan fingerprint density at radius 3 is 2.58 bits per heavy atom. The minimum Gasteiger partial charge on any atom is -0.496 e. The molecule has 6 heteroatoms. The Hall–Kier alpha value is -0.780. The summed E-state index contributed by atoms with van der Waals surface area (Å²) in [5.41, 5.74) is 0.855. The van der Waals surface area contributed by atoms with Gasteiger partial charge >= 0.3 is 0 Å². The molecule has 4 nitrogen and oxygen atoms in total. The van der Waals surface area contributed by atoms with Crippen LogP contribution in [0.4, 0.5) is 0 Å². The lowest BCUT2D eigenvalue weighted by Gasteiger charge is -2.18. The quantitative estimate of drug-likeness (QED) is 0.547. The van der Waals surface area contributed by atoms with Crippen molar-refractivity contribution in [3.8, 4) is 5.75 Å². The first-order valence-electron chi connectivity index (χ1n) is 6.13. The van der Waals surface area contributed by atoms with Crippen molar-refractivity contribution < 1.29 is 13.2 Å². The second kappa shape index (κ2) is 7.72. The van der Waals surface area contributed by atoms with Crippen LogP contribution in [0.3, 0.4) is 0 Å². The molecule has 1 aromatic carbocycles. The van der Waals surface area contributed by atoms with Gasteiger partial charge in [-0.15, -0.1) is 11.6 Å². The maximum Gasteiger partial charge on any atom is 0.214 e. The molecule has 0 saturated heterocycles. The molecule has 0 bridgehead atoms. The van der Waals surface area contributed by atoms with E-state index in [0.717, 1.165) is 5.56 Å². The van der Waals surface area contributed by atoms with Crippen LogP contribution >= 0.6 is 11.6 Å². The van der Waals surface area contributed by atoms with Gasteiger partial charge in [0.2, 0.25) is 10.0 Å². The summed E-state index contributed by atoms with van der Waals surface area (Å²) in [6, 6.07) is 7.41. The molecule has 0 aliphatic rings. The van der Waals surface area contributed by atoms with Crippen molar-refractivity contribution >= 4 is 21.6 Å². The Labute approximate surface area is 120 Å². The summed E-state index contributed by atoms with van der Waals surface area (Å²) in [6.07, 6.45) is 1.30. The summed E-state index contributed by atoms with van der Waals surface area (Å²) >= 11 is 5.55. The second-order valence-electron chi connectivity index (χ2n) is 4.28. The van der Waals surface area contributed by atoms with Crippen molar-refractivity contribution in [1.82, 2.24) is 4.31 Å². The maximum absolute atomic E-state index is 12.1. The van der Waals surface area contributed by atoms with Gasteiger partial charge in [-0.3, -0.25) is 0 Å². The third-order valence-electron chi connectivity index (χ3n) is 2.85. The Morgan fingerprint density at radius 1 is 1.26 bits per heavy atom. The number of alkyl halides is 1. The number of hydrogen-bond acceptors (Lipinski definition) is 3. The molecule has 0 aliphatic heterocycles. The molecule has 0 aromatic heterocycles. The SMILES string of the molecule is COc1ccccc1CN(C)S(=O)(=O)CCCCCl. The number of hydrogen-bond donors (Lipinski definition) is 0. The summed E-state index contributed by atoms with van der Waals surface area (Å²) < 4.78 is 30.7. The van der Waals surface area contributed by atoms with Gasteiger partial charge in [0.15, 0.2) is 0 Å². The number of sulfonamides is 1. The number of benzene rings is 1. The molecule has 0 atom stereocenters. The molecule has 0 saturated carbocycles. The van der Waals surface area contributed by atoms with Crippen LogP contribution in [0, 0.1) is 0 Å². The third kappa shape index (κ3) is 5.01. The molecular weight excluding hydrogens is 286 g/mol. The Bertz CT molecular complexity index is 490. The van der Waals surface area contributed by atoms with E-state index in [1.165, 1.54) is 4.31 Å². The molecule has 19 heavy (non-hydrogen) atoms. The van der Waals surface area contributed by atoms with Gasteiger partial charge in [-0.2, -0.15) is 0 Å². The lowest BCUT2D eigenvalue weighted by atomic mass is 10.2. The second-order valence-corrected chi connectivity index (χ2v) is 6.85. The molecule has 0 unspecified atom stereocenters. The van der Waals surface area contributed by atoms with Crippen LogP contribution in [0.25, 0.3) is 0 Å². The minimum absolute atomic E-state index is 0.130. The number of halogens is 1. The molecule has 0 radical (unpaired) electrons. The zero-order chi connectivity index (χ0) is 14.3. The van der Waals surface area contributed by atoms with Crippen LogP contribution in [0.2, 0.25) is 0 Å². The first-order chi connectivity index (χ1) is 9.01. The number of ether oxygens (including phenoxy) is 1. The van der Waals surface area contributed by atoms with Gasteiger partial charge in [0.05, 0.1) is 12.9 Å². The van der Waals surface area contributed by atoms with Crippen LogP contribution in [0.15, 0.2) is 24.3 Å². The Morgan fingerprint density at radius 2 is 1.95 bits per heavy atom. The normalized spacial score (nSPS) is 11.8. The zero-order valence-corrected chi connectivity index (χ0v) is 12.9. The fourth-order valence-corrected chi connectivity index (χ4v) is 3.11. The summed E-state index contributed by atoms with van der Waals surface area (Å²) in [6.45, 7) is 0.313. The van der Waals surface area contributed by atoms with Crippen molar-refractivity contribution in [1.29, 1.82) is 0 Å². The van der Waals surface area contributed by atoms with E-state index >= 15 is 0 Å². The molecular formula is C13H20ClNO3S. The van der Waals surface area contributed by atoms with Gasteiger partial charge < -0.3 is 4.74 Å². The van der Waals surface area contributed by atoms with Gasteiger partial charge in [-0.1, -0.05) is 18.2 Å². The molecule has 0 aliphatic carbocycles. The van der Waals surface area contributed by atoms with Gasteiger partial charge in [0.1, 0.15) is 5.75 Å². The standard InChI is InChI=1S/C13H20ClNO3S/c1-15(19(16,17)10-6-5-9-14)11-12-7-3-4-8-13(12)18-2/h3-4,7-8H,5-6,9-11H2,1-2H3. The zero-order valence-electron chi connectivity index (χ0n) is 11.3. The van der Waals surface area contributed by atoms with Crippen LogP contribution in [-0.2, 0) is 16.6 Å². The molecule has 0 N–H and O–H groups in total. The van der Waals surface area contributed by atoms with Gasteiger partial charge in [-0.25, -0.2) is 12.7 Å². The van der Waals surface area contributed by atoms with Crippen LogP contribution in [-0.4, -0.2) is 38.5 Å². The smallest absolute Gasteiger partial charge is 0.214 e. The third-order valence-corrected chi connectivity index (χ3v) is 5.00. The number of unbranched alkanes of at least 4 members (excludes halogenated alkanes) is 1. The predicted octanol–water partition coefficient (Wildman–Crippen LogP) is 2.48. The minimum atomic E-state index is -3.24. The molecule has 0 fully saturated rings. The number of nitrogens with zero attached hydrogens (tertiary/aromatic N) is 1. The van der Waals surface area contributed by atoms with E-state index in [0.29, 0.717) is 31.0 Å².